The molecule has 1 unspecified atom stereocenters. The lowest BCUT2D eigenvalue weighted by atomic mass is 10.0. The van der Waals surface area contributed by atoms with Gasteiger partial charge in [-0.3, -0.25) is 4.98 Å². The quantitative estimate of drug-likeness (QED) is 0.819. The van der Waals surface area contributed by atoms with E-state index in [1.54, 1.807) is 18.5 Å². The van der Waals surface area contributed by atoms with E-state index < -0.39 is 0 Å². The van der Waals surface area contributed by atoms with Crippen LogP contribution in [0.4, 0.5) is 5.69 Å². The average molecular weight is 219 g/mol. The van der Waals surface area contributed by atoms with E-state index in [1.807, 2.05) is 7.05 Å². The van der Waals surface area contributed by atoms with Crippen LogP contribution in [0.1, 0.15) is 6.92 Å². The van der Waals surface area contributed by atoms with Gasteiger partial charge in [-0.25, -0.2) is 0 Å². The van der Waals surface area contributed by atoms with Crippen molar-refractivity contribution in [2.24, 2.45) is 5.92 Å². The normalized spacial score (nSPS) is 24.5. The Hall–Kier alpha value is -1.71. The Kier molecular flexibility index (Phi) is 2.99. The number of pyridine rings is 1. The van der Waals surface area contributed by atoms with Gasteiger partial charge in [0.15, 0.2) is 0 Å². The molecule has 0 bridgehead atoms. The summed E-state index contributed by atoms with van der Waals surface area (Å²) >= 11 is 0. The van der Waals surface area contributed by atoms with Gasteiger partial charge in [-0.05, 0) is 6.20 Å². The minimum atomic E-state index is 0.139. The first-order chi connectivity index (χ1) is 7.66. The molecule has 0 radical (unpaired) electrons. The highest BCUT2D eigenvalue weighted by Gasteiger charge is 2.22. The third-order valence-electron chi connectivity index (χ3n) is 2.79. The molecule has 0 aliphatic carbocycles. The molecular formula is C12H17N3O. The van der Waals surface area contributed by atoms with Gasteiger partial charge in [0.2, 0.25) is 0 Å². The van der Waals surface area contributed by atoms with Crippen molar-refractivity contribution in [3.05, 3.63) is 30.7 Å². The van der Waals surface area contributed by atoms with Crippen molar-refractivity contribution in [3.63, 3.8) is 0 Å². The van der Waals surface area contributed by atoms with Gasteiger partial charge in [-0.2, -0.15) is 0 Å². The summed E-state index contributed by atoms with van der Waals surface area (Å²) in [4.78, 5) is 6.06. The molecule has 2 heterocycles. The van der Waals surface area contributed by atoms with Crippen LogP contribution < -0.4 is 10.5 Å². The monoisotopic (exact) mass is 219 g/mol. The van der Waals surface area contributed by atoms with Crippen molar-refractivity contribution in [2.45, 2.75) is 13.0 Å². The highest BCUT2D eigenvalue weighted by Crippen LogP contribution is 2.24. The number of nitrogen functional groups attached to an aromatic ring is 1. The summed E-state index contributed by atoms with van der Waals surface area (Å²) in [6, 6.07) is 1.81. The Labute approximate surface area is 95.7 Å². The van der Waals surface area contributed by atoms with Crippen LogP contribution >= 0.6 is 0 Å². The van der Waals surface area contributed by atoms with Gasteiger partial charge in [0.05, 0.1) is 18.4 Å². The highest BCUT2D eigenvalue weighted by atomic mass is 16.5. The number of nitrogens with zero attached hydrogens (tertiary/aromatic N) is 2. The largest absolute Gasteiger partial charge is 0.486 e. The van der Waals surface area contributed by atoms with Gasteiger partial charge < -0.3 is 15.4 Å². The molecule has 4 nitrogen and oxygen atoms in total. The summed E-state index contributed by atoms with van der Waals surface area (Å²) in [7, 11) is 2.04. The zero-order valence-electron chi connectivity index (χ0n) is 9.63. The zero-order valence-corrected chi connectivity index (χ0v) is 9.63. The third kappa shape index (κ3) is 2.27. The summed E-state index contributed by atoms with van der Waals surface area (Å²) in [6.07, 6.45) is 7.67. The maximum Gasteiger partial charge on any atom is 0.145 e. The Morgan fingerprint density at radius 1 is 1.56 bits per heavy atom. The van der Waals surface area contributed by atoms with E-state index in [0.717, 1.165) is 12.3 Å². The molecule has 16 heavy (non-hydrogen) atoms. The Morgan fingerprint density at radius 3 is 3.12 bits per heavy atom. The van der Waals surface area contributed by atoms with E-state index in [1.165, 1.54) is 0 Å². The van der Waals surface area contributed by atoms with Crippen molar-refractivity contribution in [1.29, 1.82) is 0 Å². The van der Waals surface area contributed by atoms with Gasteiger partial charge in [-0.15, -0.1) is 0 Å². The molecule has 2 N–H and O–H groups in total. The van der Waals surface area contributed by atoms with E-state index >= 15 is 0 Å². The van der Waals surface area contributed by atoms with Crippen LogP contribution in [0, 0.1) is 5.92 Å². The Balaban J connectivity index is 2.10. The summed E-state index contributed by atoms with van der Waals surface area (Å²) < 4.78 is 5.91. The summed E-state index contributed by atoms with van der Waals surface area (Å²) in [5.74, 6) is 1.11. The molecule has 2 atom stereocenters. The minimum absolute atomic E-state index is 0.139. The second-order valence-corrected chi connectivity index (χ2v) is 4.21. The van der Waals surface area contributed by atoms with Gasteiger partial charge in [-0.1, -0.05) is 13.0 Å². The molecule has 0 aromatic carbocycles. The molecule has 86 valence electrons. The fraction of sp³-hybridized carbons (Fsp3) is 0.417. The molecule has 1 aliphatic heterocycles. The van der Waals surface area contributed by atoms with Gasteiger partial charge in [0.1, 0.15) is 11.9 Å². The number of hydrogen-bond acceptors (Lipinski definition) is 4. The molecule has 1 aromatic rings. The second-order valence-electron chi connectivity index (χ2n) is 4.21. The summed E-state index contributed by atoms with van der Waals surface area (Å²) in [5, 5.41) is 0. The van der Waals surface area contributed by atoms with Crippen LogP contribution in [0.25, 0.3) is 0 Å². The lowest BCUT2D eigenvalue weighted by molar-refractivity contribution is 0.124. The number of rotatable bonds is 2. The van der Waals surface area contributed by atoms with Crippen molar-refractivity contribution in [1.82, 2.24) is 9.88 Å². The highest BCUT2D eigenvalue weighted by molar-refractivity contribution is 5.49. The first-order valence-electron chi connectivity index (χ1n) is 5.41. The van der Waals surface area contributed by atoms with Gasteiger partial charge >= 0.3 is 0 Å². The van der Waals surface area contributed by atoms with Crippen LogP contribution in [-0.2, 0) is 0 Å². The zero-order chi connectivity index (χ0) is 11.5. The van der Waals surface area contributed by atoms with E-state index in [2.05, 4.69) is 29.1 Å². The van der Waals surface area contributed by atoms with Crippen molar-refractivity contribution in [3.8, 4) is 5.75 Å². The number of anilines is 1. The summed E-state index contributed by atoms with van der Waals surface area (Å²) in [6.45, 7) is 3.02. The SMILES string of the molecule is CC1C=CN(C)C[C@H]1Oc1ccncc1N. The molecule has 2 rings (SSSR count). The molecule has 0 amide bonds. The van der Waals surface area contributed by atoms with Crippen LogP contribution in [0.15, 0.2) is 30.7 Å². The predicted molar refractivity (Wildman–Crippen MR) is 64.0 cm³/mol. The Bertz CT molecular complexity index is 392. The predicted octanol–water partition coefficient (Wildman–Crippen LogP) is 1.51. The number of ether oxygens (including phenoxy) is 1. The molecular weight excluding hydrogens is 202 g/mol. The molecule has 0 spiro atoms. The fourth-order valence-electron chi connectivity index (χ4n) is 1.73. The first-order valence-corrected chi connectivity index (χ1v) is 5.41. The smallest absolute Gasteiger partial charge is 0.145 e. The molecule has 4 heteroatoms. The van der Waals surface area contributed by atoms with Crippen molar-refractivity contribution in [2.75, 3.05) is 19.3 Å². The van der Waals surface area contributed by atoms with Crippen LogP contribution in [0.3, 0.4) is 0 Å². The lowest BCUT2D eigenvalue weighted by Gasteiger charge is -2.31. The number of likely N-dealkylation sites (N-methyl/N-ethyl adjacent to an activating group) is 1. The topological polar surface area (TPSA) is 51.4 Å². The van der Waals surface area contributed by atoms with E-state index in [0.29, 0.717) is 11.6 Å². The minimum Gasteiger partial charge on any atom is -0.486 e. The van der Waals surface area contributed by atoms with E-state index in [4.69, 9.17) is 10.5 Å². The number of aromatic nitrogens is 1. The average Bonchev–Trinajstić information content (AvgIpc) is 2.27. The maximum atomic E-state index is 5.91. The first kappa shape index (κ1) is 10.8. The third-order valence-corrected chi connectivity index (χ3v) is 2.79. The molecule has 0 fully saturated rings. The van der Waals surface area contributed by atoms with E-state index in [-0.39, 0.29) is 6.10 Å². The van der Waals surface area contributed by atoms with Gasteiger partial charge in [0, 0.05) is 25.2 Å². The van der Waals surface area contributed by atoms with Crippen LogP contribution in [0.2, 0.25) is 0 Å². The van der Waals surface area contributed by atoms with Gasteiger partial charge in [0.25, 0.3) is 0 Å². The standard InChI is InChI=1S/C12H17N3O/c1-9-4-6-15(2)8-12(9)16-11-3-5-14-7-10(11)13/h3-7,9,12H,8,13H2,1-2H3/t9?,12-/m1/s1. The van der Waals surface area contributed by atoms with Crippen LogP contribution in [0.5, 0.6) is 5.75 Å². The van der Waals surface area contributed by atoms with Crippen molar-refractivity contribution >= 4 is 5.69 Å². The fourth-order valence-corrected chi connectivity index (χ4v) is 1.73. The number of hydrogen-bond donors (Lipinski definition) is 1. The number of nitrogens with two attached hydrogens (primary N) is 1. The Morgan fingerprint density at radius 2 is 2.38 bits per heavy atom. The van der Waals surface area contributed by atoms with Crippen molar-refractivity contribution < 1.29 is 4.74 Å². The molecule has 1 aliphatic rings. The maximum absolute atomic E-state index is 5.91. The molecule has 1 aromatic heterocycles. The van der Waals surface area contributed by atoms with Crippen LogP contribution in [-0.4, -0.2) is 29.6 Å². The van der Waals surface area contributed by atoms with E-state index in [9.17, 15) is 0 Å². The lowest BCUT2D eigenvalue weighted by Crippen LogP contribution is -2.38. The molecule has 0 saturated heterocycles. The second kappa shape index (κ2) is 4.43. The molecule has 0 saturated carbocycles. The summed E-state index contributed by atoms with van der Waals surface area (Å²) in [5.41, 5.74) is 6.39.